The molecule has 0 aromatic heterocycles. The minimum atomic E-state index is 0.184. The molecule has 1 aromatic carbocycles. The van der Waals surface area contributed by atoms with E-state index in [0.29, 0.717) is 6.42 Å². The van der Waals surface area contributed by atoms with Crippen molar-refractivity contribution in [1.82, 2.24) is 5.32 Å². The highest BCUT2D eigenvalue weighted by molar-refractivity contribution is 5.78. The van der Waals surface area contributed by atoms with Crippen LogP contribution in [-0.2, 0) is 11.2 Å². The Labute approximate surface area is 110 Å². The van der Waals surface area contributed by atoms with Crippen LogP contribution in [0.4, 0.5) is 0 Å². The molecule has 2 rings (SSSR count). The Bertz CT molecular complexity index is 383. The van der Waals surface area contributed by atoms with Crippen LogP contribution >= 0.6 is 0 Å². The molecule has 1 aliphatic heterocycles. The maximum Gasteiger partial charge on any atom is 0.220 e. The topological polar surface area (TPSA) is 29.1 Å². The molecule has 1 aliphatic rings. The summed E-state index contributed by atoms with van der Waals surface area (Å²) in [6.07, 6.45) is 8.03. The summed E-state index contributed by atoms with van der Waals surface area (Å²) in [5.41, 5.74) is 2.66. The van der Waals surface area contributed by atoms with E-state index in [2.05, 4.69) is 36.5 Å². The van der Waals surface area contributed by atoms with Crippen LogP contribution in [0, 0.1) is 0 Å². The smallest absolute Gasteiger partial charge is 0.220 e. The number of nitrogens with one attached hydrogen (secondary N) is 1. The van der Waals surface area contributed by atoms with Gasteiger partial charge in [0.1, 0.15) is 0 Å². The van der Waals surface area contributed by atoms with E-state index in [1.807, 2.05) is 0 Å². The fraction of sp³-hybridized carbons (Fsp3) is 0.562. The van der Waals surface area contributed by atoms with E-state index in [9.17, 15) is 4.79 Å². The number of carbonyl (C=O) groups excluding carboxylic acids is 1. The Morgan fingerprint density at radius 3 is 2.56 bits per heavy atom. The van der Waals surface area contributed by atoms with E-state index in [0.717, 1.165) is 6.42 Å². The lowest BCUT2D eigenvalue weighted by Crippen LogP contribution is -2.18. The van der Waals surface area contributed by atoms with Crippen LogP contribution in [0.5, 0.6) is 0 Å². The minimum absolute atomic E-state index is 0.184. The van der Waals surface area contributed by atoms with Gasteiger partial charge in [0.15, 0.2) is 0 Å². The van der Waals surface area contributed by atoms with Gasteiger partial charge in [-0.2, -0.15) is 0 Å². The van der Waals surface area contributed by atoms with Crippen LogP contribution in [0.3, 0.4) is 0 Å². The molecule has 0 radical (unpaired) electrons. The second kappa shape index (κ2) is 6.58. The van der Waals surface area contributed by atoms with Crippen molar-refractivity contribution in [3.05, 3.63) is 35.4 Å². The quantitative estimate of drug-likeness (QED) is 0.760. The van der Waals surface area contributed by atoms with Crippen molar-refractivity contribution >= 4 is 5.91 Å². The van der Waals surface area contributed by atoms with Gasteiger partial charge in [0.2, 0.25) is 5.91 Å². The van der Waals surface area contributed by atoms with Gasteiger partial charge < -0.3 is 5.32 Å². The molecular formula is C16H23NO. The molecule has 2 heteroatoms. The summed E-state index contributed by atoms with van der Waals surface area (Å²) < 4.78 is 0. The molecule has 1 fully saturated rings. The molecule has 0 saturated carbocycles. The van der Waals surface area contributed by atoms with Crippen LogP contribution < -0.4 is 5.32 Å². The van der Waals surface area contributed by atoms with Gasteiger partial charge in [-0.1, -0.05) is 50.5 Å². The molecule has 98 valence electrons. The zero-order valence-electron chi connectivity index (χ0n) is 11.2. The second-order valence-electron chi connectivity index (χ2n) is 5.21. The van der Waals surface area contributed by atoms with Crippen LogP contribution in [0.15, 0.2) is 24.3 Å². The van der Waals surface area contributed by atoms with Crippen LogP contribution in [-0.4, -0.2) is 5.91 Å². The van der Waals surface area contributed by atoms with Crippen molar-refractivity contribution < 1.29 is 4.79 Å². The summed E-state index contributed by atoms with van der Waals surface area (Å²) >= 11 is 0. The summed E-state index contributed by atoms with van der Waals surface area (Å²) in [5.74, 6) is 0.184. The van der Waals surface area contributed by atoms with Crippen LogP contribution in [0.1, 0.15) is 62.6 Å². The van der Waals surface area contributed by atoms with Gasteiger partial charge in [0.25, 0.3) is 0 Å². The Kier molecular flexibility index (Phi) is 4.80. The van der Waals surface area contributed by atoms with Gasteiger partial charge >= 0.3 is 0 Å². The maximum absolute atomic E-state index is 11.2. The Morgan fingerprint density at radius 2 is 1.94 bits per heavy atom. The summed E-state index contributed by atoms with van der Waals surface area (Å²) in [6, 6.07) is 9.01. The molecule has 1 amide bonds. The Balaban J connectivity index is 1.83. The summed E-state index contributed by atoms with van der Waals surface area (Å²) in [4.78, 5) is 11.2. The standard InChI is InChI=1S/C16H23NO/c1-2-3-4-5-6-13-7-9-14(10-8-13)15-11-12-16(18)17-15/h7-10,15H,2-6,11-12H2,1H3,(H,17,18). The lowest BCUT2D eigenvalue weighted by atomic mass is 10.0. The lowest BCUT2D eigenvalue weighted by Gasteiger charge is -2.11. The predicted molar refractivity (Wildman–Crippen MR) is 74.4 cm³/mol. The van der Waals surface area contributed by atoms with Crippen molar-refractivity contribution in [2.24, 2.45) is 0 Å². The molecular weight excluding hydrogens is 222 g/mol. The number of benzene rings is 1. The van der Waals surface area contributed by atoms with E-state index in [4.69, 9.17) is 0 Å². The predicted octanol–water partition coefficient (Wildman–Crippen LogP) is 3.76. The maximum atomic E-state index is 11.2. The van der Waals surface area contributed by atoms with Gasteiger partial charge in [0, 0.05) is 6.42 Å². The third-order valence-corrected chi connectivity index (χ3v) is 3.70. The Morgan fingerprint density at radius 1 is 1.17 bits per heavy atom. The average Bonchev–Trinajstić information content (AvgIpc) is 2.82. The van der Waals surface area contributed by atoms with Gasteiger partial charge in [-0.3, -0.25) is 4.79 Å². The van der Waals surface area contributed by atoms with Crippen molar-refractivity contribution in [3.63, 3.8) is 0 Å². The number of unbranched alkanes of at least 4 members (excludes halogenated alkanes) is 3. The van der Waals surface area contributed by atoms with E-state index in [1.165, 1.54) is 43.2 Å². The highest BCUT2D eigenvalue weighted by atomic mass is 16.1. The fourth-order valence-corrected chi connectivity index (χ4v) is 2.54. The molecule has 0 aliphatic carbocycles. The monoisotopic (exact) mass is 245 g/mol. The van der Waals surface area contributed by atoms with E-state index in [1.54, 1.807) is 0 Å². The zero-order valence-corrected chi connectivity index (χ0v) is 11.2. The molecule has 1 aromatic rings. The highest BCUT2D eigenvalue weighted by Gasteiger charge is 2.21. The van der Waals surface area contributed by atoms with Gasteiger partial charge in [-0.05, 0) is 30.4 Å². The summed E-state index contributed by atoms with van der Waals surface area (Å²) in [5, 5.41) is 3.01. The fourth-order valence-electron chi connectivity index (χ4n) is 2.54. The number of hydrogen-bond donors (Lipinski definition) is 1. The van der Waals surface area contributed by atoms with E-state index in [-0.39, 0.29) is 11.9 Å². The zero-order chi connectivity index (χ0) is 12.8. The first-order chi connectivity index (χ1) is 8.79. The van der Waals surface area contributed by atoms with E-state index >= 15 is 0 Å². The second-order valence-corrected chi connectivity index (χ2v) is 5.21. The normalized spacial score (nSPS) is 18.9. The summed E-state index contributed by atoms with van der Waals surface area (Å²) in [7, 11) is 0. The third-order valence-electron chi connectivity index (χ3n) is 3.70. The minimum Gasteiger partial charge on any atom is -0.349 e. The van der Waals surface area contributed by atoms with Crippen molar-refractivity contribution in [3.8, 4) is 0 Å². The SMILES string of the molecule is CCCCCCc1ccc(C2CCC(=O)N2)cc1. The lowest BCUT2D eigenvalue weighted by molar-refractivity contribution is -0.119. The molecule has 1 unspecified atom stereocenters. The van der Waals surface area contributed by atoms with Gasteiger partial charge in [-0.15, -0.1) is 0 Å². The molecule has 1 atom stereocenters. The van der Waals surface area contributed by atoms with Gasteiger partial charge in [-0.25, -0.2) is 0 Å². The van der Waals surface area contributed by atoms with Gasteiger partial charge in [0.05, 0.1) is 6.04 Å². The van der Waals surface area contributed by atoms with Crippen molar-refractivity contribution in [2.45, 2.75) is 57.9 Å². The molecule has 1 saturated heterocycles. The van der Waals surface area contributed by atoms with E-state index < -0.39 is 0 Å². The number of amides is 1. The van der Waals surface area contributed by atoms with Crippen LogP contribution in [0.2, 0.25) is 0 Å². The largest absolute Gasteiger partial charge is 0.349 e. The third kappa shape index (κ3) is 3.59. The first kappa shape index (κ1) is 13.1. The number of hydrogen-bond acceptors (Lipinski definition) is 1. The van der Waals surface area contributed by atoms with Crippen molar-refractivity contribution in [2.75, 3.05) is 0 Å². The summed E-state index contributed by atoms with van der Waals surface area (Å²) in [6.45, 7) is 2.24. The molecule has 1 N–H and O–H groups in total. The van der Waals surface area contributed by atoms with Crippen molar-refractivity contribution in [1.29, 1.82) is 0 Å². The number of rotatable bonds is 6. The first-order valence-electron chi connectivity index (χ1n) is 7.18. The highest BCUT2D eigenvalue weighted by Crippen LogP contribution is 2.24. The number of aryl methyl sites for hydroxylation is 1. The molecule has 0 spiro atoms. The molecule has 0 bridgehead atoms. The average molecular weight is 245 g/mol. The Hall–Kier alpha value is -1.31. The number of carbonyl (C=O) groups is 1. The first-order valence-corrected chi connectivity index (χ1v) is 7.18. The van der Waals surface area contributed by atoms with Crippen LogP contribution in [0.25, 0.3) is 0 Å². The molecule has 2 nitrogen and oxygen atoms in total. The molecule has 18 heavy (non-hydrogen) atoms. The molecule has 1 heterocycles.